The highest BCUT2D eigenvalue weighted by atomic mass is 14.9. The standard InChI is InChI=1S/C57H40N2/c1-57(2)51-35-32-39-18-9-10-22-43(39)54(51)50-27-15-26-48(55(50)57)46-33-34-49(45-24-13-12-23-44(45)46)56-58-52(41-19-7-4-8-20-41)36-53(59-56)47-25-14-11-21-42(47)40-30-28-38(29-31-40)37-16-5-3-6-17-37/h3-36H,1-2H3. The molecule has 2 nitrogen and oxygen atoms in total. The van der Waals surface area contributed by atoms with Gasteiger partial charge < -0.3 is 0 Å². The fourth-order valence-corrected chi connectivity index (χ4v) is 9.50. The van der Waals surface area contributed by atoms with E-state index in [4.69, 9.17) is 9.97 Å². The summed E-state index contributed by atoms with van der Waals surface area (Å²) in [6, 6.07) is 74.1. The van der Waals surface area contributed by atoms with Crippen LogP contribution in [0, 0.1) is 0 Å². The molecule has 2 heteroatoms. The molecule has 1 aliphatic carbocycles. The summed E-state index contributed by atoms with van der Waals surface area (Å²) >= 11 is 0. The molecule has 0 unspecified atom stereocenters. The SMILES string of the molecule is CC1(C)c2ccc3ccccc3c2-c2cccc(-c3ccc(-c4nc(-c5ccccc5)cc(-c5ccccc5-c5ccc(-c6ccccc6)cc5)n4)c4ccccc34)c21. The maximum absolute atomic E-state index is 5.43. The molecule has 0 atom stereocenters. The molecule has 11 rings (SSSR count). The van der Waals surface area contributed by atoms with Crippen molar-refractivity contribution in [1.29, 1.82) is 0 Å². The van der Waals surface area contributed by atoms with Crippen LogP contribution in [0.2, 0.25) is 0 Å². The van der Waals surface area contributed by atoms with Crippen LogP contribution in [0.25, 0.3) is 100.0 Å². The molecule has 0 N–H and O–H groups in total. The van der Waals surface area contributed by atoms with Gasteiger partial charge in [-0.1, -0.05) is 208 Å². The van der Waals surface area contributed by atoms with Gasteiger partial charge in [0.2, 0.25) is 0 Å². The molecule has 9 aromatic carbocycles. The Bertz CT molecular complexity index is 3220. The van der Waals surface area contributed by atoms with Crippen molar-refractivity contribution in [2.75, 3.05) is 0 Å². The lowest BCUT2D eigenvalue weighted by molar-refractivity contribution is 0.662. The molecule has 1 heterocycles. The van der Waals surface area contributed by atoms with E-state index in [1.807, 2.05) is 0 Å². The molecule has 59 heavy (non-hydrogen) atoms. The summed E-state index contributed by atoms with van der Waals surface area (Å²) in [5.74, 6) is 0.704. The van der Waals surface area contributed by atoms with Crippen LogP contribution in [0.15, 0.2) is 206 Å². The van der Waals surface area contributed by atoms with Crippen LogP contribution in [-0.2, 0) is 5.41 Å². The van der Waals surface area contributed by atoms with Gasteiger partial charge in [0.15, 0.2) is 5.82 Å². The Kier molecular flexibility index (Phi) is 8.20. The van der Waals surface area contributed by atoms with Crippen LogP contribution in [0.5, 0.6) is 0 Å². The van der Waals surface area contributed by atoms with Crippen LogP contribution in [0.3, 0.4) is 0 Å². The highest BCUT2D eigenvalue weighted by molar-refractivity contribution is 6.08. The van der Waals surface area contributed by atoms with E-state index in [-0.39, 0.29) is 5.41 Å². The normalized spacial score (nSPS) is 12.7. The van der Waals surface area contributed by atoms with Crippen LogP contribution in [0.4, 0.5) is 0 Å². The minimum absolute atomic E-state index is 0.178. The second-order valence-electron chi connectivity index (χ2n) is 16.1. The summed E-state index contributed by atoms with van der Waals surface area (Å²) in [5.41, 5.74) is 17.3. The monoisotopic (exact) mass is 752 g/mol. The molecule has 0 amide bonds. The Morgan fingerprint density at radius 2 is 0.881 bits per heavy atom. The van der Waals surface area contributed by atoms with Crippen molar-refractivity contribution in [3.05, 3.63) is 217 Å². The zero-order valence-corrected chi connectivity index (χ0v) is 33.0. The van der Waals surface area contributed by atoms with Crippen molar-refractivity contribution >= 4 is 21.5 Å². The van der Waals surface area contributed by atoms with Crippen molar-refractivity contribution in [3.8, 4) is 78.4 Å². The Morgan fingerprint density at radius 1 is 0.339 bits per heavy atom. The van der Waals surface area contributed by atoms with Gasteiger partial charge in [0.1, 0.15) is 0 Å². The molecule has 0 saturated heterocycles. The zero-order chi connectivity index (χ0) is 39.5. The smallest absolute Gasteiger partial charge is 0.161 e. The van der Waals surface area contributed by atoms with E-state index in [1.54, 1.807) is 0 Å². The maximum atomic E-state index is 5.43. The molecule has 278 valence electrons. The van der Waals surface area contributed by atoms with Gasteiger partial charge in [-0.15, -0.1) is 0 Å². The highest BCUT2D eigenvalue weighted by Crippen LogP contribution is 2.55. The number of aromatic nitrogens is 2. The predicted octanol–water partition coefficient (Wildman–Crippen LogP) is 15.1. The second-order valence-corrected chi connectivity index (χ2v) is 16.1. The summed E-state index contributed by atoms with van der Waals surface area (Å²) in [4.78, 5) is 10.8. The largest absolute Gasteiger partial charge is 0.228 e. The molecule has 0 radical (unpaired) electrons. The van der Waals surface area contributed by atoms with E-state index < -0.39 is 0 Å². The van der Waals surface area contributed by atoms with E-state index in [9.17, 15) is 0 Å². The first kappa shape index (κ1) is 34.8. The van der Waals surface area contributed by atoms with Gasteiger partial charge in [-0.05, 0) is 89.3 Å². The third kappa shape index (κ3) is 5.79. The number of hydrogen-bond donors (Lipinski definition) is 0. The van der Waals surface area contributed by atoms with Gasteiger partial charge in [-0.2, -0.15) is 0 Å². The van der Waals surface area contributed by atoms with Crippen LogP contribution < -0.4 is 0 Å². The number of rotatable bonds is 6. The van der Waals surface area contributed by atoms with Gasteiger partial charge in [0.05, 0.1) is 11.4 Å². The highest BCUT2D eigenvalue weighted by Gasteiger charge is 2.38. The van der Waals surface area contributed by atoms with E-state index in [2.05, 4.69) is 220 Å². The molecular weight excluding hydrogens is 713 g/mol. The van der Waals surface area contributed by atoms with E-state index >= 15 is 0 Å². The Balaban J connectivity index is 1.08. The molecule has 1 aliphatic rings. The lowest BCUT2D eigenvalue weighted by Gasteiger charge is -2.25. The van der Waals surface area contributed by atoms with Crippen molar-refractivity contribution in [2.24, 2.45) is 0 Å². The number of benzene rings is 9. The summed E-state index contributed by atoms with van der Waals surface area (Å²) in [7, 11) is 0. The van der Waals surface area contributed by atoms with Crippen molar-refractivity contribution in [2.45, 2.75) is 19.3 Å². The fraction of sp³-hybridized carbons (Fsp3) is 0.0526. The average Bonchev–Trinajstić information content (AvgIpc) is 3.55. The molecule has 0 aliphatic heterocycles. The molecule has 0 bridgehead atoms. The molecule has 10 aromatic rings. The quantitative estimate of drug-likeness (QED) is 0.169. The van der Waals surface area contributed by atoms with Crippen LogP contribution in [0.1, 0.15) is 25.0 Å². The zero-order valence-electron chi connectivity index (χ0n) is 33.0. The van der Waals surface area contributed by atoms with Crippen LogP contribution in [-0.4, -0.2) is 9.97 Å². The topological polar surface area (TPSA) is 25.8 Å². The summed E-state index contributed by atoms with van der Waals surface area (Å²) in [6.07, 6.45) is 0. The Morgan fingerprint density at radius 3 is 1.64 bits per heavy atom. The third-order valence-electron chi connectivity index (χ3n) is 12.3. The van der Waals surface area contributed by atoms with Crippen LogP contribution >= 0.6 is 0 Å². The van der Waals surface area contributed by atoms with Crippen molar-refractivity contribution in [1.82, 2.24) is 9.97 Å². The van der Waals surface area contributed by atoms with Crippen molar-refractivity contribution < 1.29 is 0 Å². The lowest BCUT2D eigenvalue weighted by Crippen LogP contribution is -2.16. The predicted molar refractivity (Wildman–Crippen MR) is 247 cm³/mol. The number of hydrogen-bond acceptors (Lipinski definition) is 2. The second kappa shape index (κ2) is 13.9. The number of nitrogens with zero attached hydrogens (tertiary/aromatic N) is 2. The first-order chi connectivity index (χ1) is 29.0. The van der Waals surface area contributed by atoms with E-state index in [0.717, 1.165) is 44.6 Å². The molecule has 0 fully saturated rings. The average molecular weight is 753 g/mol. The number of fused-ring (bicyclic) bond motifs is 6. The first-order valence-electron chi connectivity index (χ1n) is 20.4. The summed E-state index contributed by atoms with van der Waals surface area (Å²) < 4.78 is 0. The Labute approximate surface area is 345 Å². The van der Waals surface area contributed by atoms with E-state index in [1.165, 1.54) is 60.7 Å². The fourth-order valence-electron chi connectivity index (χ4n) is 9.50. The maximum Gasteiger partial charge on any atom is 0.161 e. The third-order valence-corrected chi connectivity index (χ3v) is 12.3. The molecule has 0 saturated carbocycles. The lowest BCUT2D eigenvalue weighted by atomic mass is 9.78. The van der Waals surface area contributed by atoms with Gasteiger partial charge in [0, 0.05) is 22.1 Å². The van der Waals surface area contributed by atoms with E-state index in [0.29, 0.717) is 5.82 Å². The summed E-state index contributed by atoms with van der Waals surface area (Å²) in [5, 5.41) is 4.90. The Hall–Kier alpha value is -7.42. The van der Waals surface area contributed by atoms with Gasteiger partial charge >= 0.3 is 0 Å². The minimum atomic E-state index is -0.178. The van der Waals surface area contributed by atoms with Gasteiger partial charge in [-0.3, -0.25) is 0 Å². The summed E-state index contributed by atoms with van der Waals surface area (Å²) in [6.45, 7) is 4.76. The first-order valence-corrected chi connectivity index (χ1v) is 20.4. The molecule has 1 aromatic heterocycles. The van der Waals surface area contributed by atoms with Crippen molar-refractivity contribution in [3.63, 3.8) is 0 Å². The molecule has 0 spiro atoms. The minimum Gasteiger partial charge on any atom is -0.228 e. The van der Waals surface area contributed by atoms with Gasteiger partial charge in [0.25, 0.3) is 0 Å². The van der Waals surface area contributed by atoms with Gasteiger partial charge in [-0.25, -0.2) is 9.97 Å². The molecular formula is C57H40N2.